The molecule has 13 heavy (non-hydrogen) atoms. The van der Waals surface area contributed by atoms with Gasteiger partial charge in [0.2, 0.25) is 0 Å². The van der Waals surface area contributed by atoms with Crippen LogP contribution in [0.2, 0.25) is 0 Å². The molecule has 0 amide bonds. The highest BCUT2D eigenvalue weighted by Gasteiger charge is 2.09. The molecule has 68 valence electrons. The summed E-state index contributed by atoms with van der Waals surface area (Å²) in [7, 11) is 0. The Bertz CT molecular complexity index is 410. The molecule has 3 nitrogen and oxygen atoms in total. The summed E-state index contributed by atoms with van der Waals surface area (Å²) in [4.78, 5) is 5.22. The summed E-state index contributed by atoms with van der Waals surface area (Å²) in [6.07, 6.45) is 0.802. The van der Waals surface area contributed by atoms with Crippen molar-refractivity contribution in [3.63, 3.8) is 0 Å². The fraction of sp³-hybridized carbons (Fsp3) is 0.250. The summed E-state index contributed by atoms with van der Waals surface area (Å²) in [6.45, 7) is 2.00. The van der Waals surface area contributed by atoms with Crippen molar-refractivity contribution >= 4 is 27.3 Å². The van der Waals surface area contributed by atoms with Gasteiger partial charge in [-0.2, -0.15) is 4.98 Å². The highest BCUT2D eigenvalue weighted by atomic mass is 79.9. The topological polar surface area (TPSA) is 38.9 Å². The van der Waals surface area contributed by atoms with E-state index in [4.69, 9.17) is 4.52 Å². The Morgan fingerprint density at radius 2 is 2.38 bits per heavy atom. The molecule has 0 spiro atoms. The number of aromatic nitrogens is 2. The summed E-state index contributed by atoms with van der Waals surface area (Å²) < 4.78 is 6.15. The number of hydrogen-bond donors (Lipinski definition) is 0. The number of halogens is 1. The van der Waals surface area contributed by atoms with Crippen LogP contribution in [-0.2, 0) is 6.42 Å². The fourth-order valence-corrected chi connectivity index (χ4v) is 2.23. The van der Waals surface area contributed by atoms with E-state index in [9.17, 15) is 0 Å². The summed E-state index contributed by atoms with van der Waals surface area (Å²) in [5, 5.41) is 3.83. The predicted octanol–water partition coefficient (Wildman–Crippen LogP) is 3.12. The van der Waals surface area contributed by atoms with E-state index in [1.165, 1.54) is 0 Å². The van der Waals surface area contributed by atoms with E-state index < -0.39 is 0 Å². The molecule has 2 heterocycles. The number of hydrogen-bond acceptors (Lipinski definition) is 4. The van der Waals surface area contributed by atoms with Gasteiger partial charge in [-0.25, -0.2) is 0 Å². The molecular formula is C8H7BrN2OS. The van der Waals surface area contributed by atoms with Crippen LogP contribution in [0.4, 0.5) is 0 Å². The van der Waals surface area contributed by atoms with Crippen LogP contribution in [0.5, 0.6) is 0 Å². The normalized spacial score (nSPS) is 10.6. The van der Waals surface area contributed by atoms with Gasteiger partial charge < -0.3 is 4.52 Å². The van der Waals surface area contributed by atoms with E-state index in [0.717, 1.165) is 20.9 Å². The van der Waals surface area contributed by atoms with Crippen molar-refractivity contribution in [3.05, 3.63) is 21.7 Å². The van der Waals surface area contributed by atoms with Crippen LogP contribution < -0.4 is 0 Å². The molecule has 2 aromatic rings. The molecule has 5 heteroatoms. The highest BCUT2D eigenvalue weighted by Crippen LogP contribution is 2.29. The first-order valence-electron chi connectivity index (χ1n) is 3.88. The Hall–Kier alpha value is -0.680. The Balaban J connectivity index is 2.35. The zero-order chi connectivity index (χ0) is 9.26. The quantitative estimate of drug-likeness (QED) is 0.831. The van der Waals surface area contributed by atoms with E-state index in [1.807, 2.05) is 19.1 Å². The summed E-state index contributed by atoms with van der Waals surface area (Å²) in [5.74, 6) is 1.35. The third-order valence-electron chi connectivity index (χ3n) is 1.57. The van der Waals surface area contributed by atoms with Gasteiger partial charge in [0.05, 0.1) is 8.66 Å². The zero-order valence-corrected chi connectivity index (χ0v) is 9.35. The predicted molar refractivity (Wildman–Crippen MR) is 54.7 cm³/mol. The van der Waals surface area contributed by atoms with Gasteiger partial charge >= 0.3 is 0 Å². The number of aryl methyl sites for hydroxylation is 1. The first-order valence-corrected chi connectivity index (χ1v) is 5.49. The van der Waals surface area contributed by atoms with Gasteiger partial charge in [0, 0.05) is 6.42 Å². The van der Waals surface area contributed by atoms with Crippen molar-refractivity contribution in [1.29, 1.82) is 0 Å². The van der Waals surface area contributed by atoms with Crippen LogP contribution in [-0.4, -0.2) is 10.1 Å². The Morgan fingerprint density at radius 3 is 2.92 bits per heavy atom. The fourth-order valence-electron chi connectivity index (χ4n) is 0.927. The molecule has 0 radical (unpaired) electrons. The van der Waals surface area contributed by atoms with Gasteiger partial charge in [0.1, 0.15) is 0 Å². The number of nitrogens with zero attached hydrogens (tertiary/aromatic N) is 2. The molecule has 0 aromatic carbocycles. The number of rotatable bonds is 2. The lowest BCUT2D eigenvalue weighted by Gasteiger charge is -1.82. The van der Waals surface area contributed by atoms with Crippen LogP contribution in [0, 0.1) is 0 Å². The molecule has 0 N–H and O–H groups in total. The second-order valence-electron chi connectivity index (χ2n) is 2.47. The molecule has 0 saturated carbocycles. The lowest BCUT2D eigenvalue weighted by Crippen LogP contribution is -1.80. The summed E-state index contributed by atoms with van der Waals surface area (Å²) in [6, 6.07) is 3.93. The first-order chi connectivity index (χ1) is 6.29. The van der Waals surface area contributed by atoms with E-state index in [-0.39, 0.29) is 0 Å². The van der Waals surface area contributed by atoms with Gasteiger partial charge in [0.25, 0.3) is 5.89 Å². The molecule has 0 aliphatic heterocycles. The average molecular weight is 259 g/mol. The molecule has 0 aliphatic carbocycles. The minimum Gasteiger partial charge on any atom is -0.333 e. The van der Waals surface area contributed by atoms with Gasteiger partial charge in [0.15, 0.2) is 5.82 Å². The molecule has 0 fully saturated rings. The van der Waals surface area contributed by atoms with Gasteiger partial charge in [-0.15, -0.1) is 11.3 Å². The van der Waals surface area contributed by atoms with Crippen LogP contribution >= 0.6 is 27.3 Å². The molecule has 0 aliphatic rings. The Kier molecular flexibility index (Phi) is 2.46. The maximum Gasteiger partial charge on any atom is 0.268 e. The van der Waals surface area contributed by atoms with Crippen LogP contribution in [0.15, 0.2) is 20.4 Å². The lowest BCUT2D eigenvalue weighted by molar-refractivity contribution is 0.424. The Morgan fingerprint density at radius 1 is 1.54 bits per heavy atom. The largest absolute Gasteiger partial charge is 0.333 e. The first kappa shape index (κ1) is 8.90. The standard InChI is InChI=1S/C8H7BrN2OS/c1-2-7-10-8(12-11-7)5-3-4-6(9)13-5/h3-4H,2H2,1H3. The van der Waals surface area contributed by atoms with Crippen LogP contribution in [0.25, 0.3) is 10.8 Å². The van der Waals surface area contributed by atoms with E-state index in [1.54, 1.807) is 11.3 Å². The summed E-state index contributed by atoms with van der Waals surface area (Å²) >= 11 is 4.97. The van der Waals surface area contributed by atoms with Crippen molar-refractivity contribution < 1.29 is 4.52 Å². The SMILES string of the molecule is CCc1noc(-c2ccc(Br)s2)n1. The van der Waals surface area contributed by atoms with Gasteiger partial charge in [-0.05, 0) is 28.1 Å². The Labute approximate surface area is 87.9 Å². The molecule has 2 rings (SSSR count). The molecule has 0 bridgehead atoms. The van der Waals surface area contributed by atoms with Gasteiger partial charge in [-0.3, -0.25) is 0 Å². The van der Waals surface area contributed by atoms with Crippen molar-refractivity contribution in [2.24, 2.45) is 0 Å². The van der Waals surface area contributed by atoms with Crippen molar-refractivity contribution in [1.82, 2.24) is 10.1 Å². The molecule has 0 unspecified atom stereocenters. The van der Waals surface area contributed by atoms with Crippen LogP contribution in [0.3, 0.4) is 0 Å². The molecule has 2 aromatic heterocycles. The monoisotopic (exact) mass is 258 g/mol. The molecular weight excluding hydrogens is 252 g/mol. The highest BCUT2D eigenvalue weighted by molar-refractivity contribution is 9.11. The second kappa shape index (κ2) is 3.59. The minimum absolute atomic E-state index is 0.604. The third-order valence-corrected chi connectivity index (χ3v) is 3.18. The maximum absolute atomic E-state index is 5.08. The average Bonchev–Trinajstić information content (AvgIpc) is 2.71. The maximum atomic E-state index is 5.08. The van der Waals surface area contributed by atoms with E-state index >= 15 is 0 Å². The molecule has 0 saturated heterocycles. The van der Waals surface area contributed by atoms with Crippen LogP contribution in [0.1, 0.15) is 12.7 Å². The third kappa shape index (κ3) is 1.81. The lowest BCUT2D eigenvalue weighted by atomic mass is 10.4. The van der Waals surface area contributed by atoms with E-state index in [0.29, 0.717) is 5.89 Å². The second-order valence-corrected chi connectivity index (χ2v) is 4.94. The smallest absolute Gasteiger partial charge is 0.268 e. The summed E-state index contributed by atoms with van der Waals surface area (Å²) in [5.41, 5.74) is 0. The minimum atomic E-state index is 0.604. The van der Waals surface area contributed by atoms with Crippen molar-refractivity contribution in [3.8, 4) is 10.8 Å². The number of thiophene rings is 1. The van der Waals surface area contributed by atoms with Gasteiger partial charge in [-0.1, -0.05) is 12.1 Å². The van der Waals surface area contributed by atoms with Crippen molar-refractivity contribution in [2.45, 2.75) is 13.3 Å². The van der Waals surface area contributed by atoms with Crippen molar-refractivity contribution in [2.75, 3.05) is 0 Å². The van der Waals surface area contributed by atoms with E-state index in [2.05, 4.69) is 26.1 Å². The molecule has 0 atom stereocenters. The zero-order valence-electron chi connectivity index (χ0n) is 6.95.